The second-order valence-corrected chi connectivity index (χ2v) is 5.88. The van der Waals surface area contributed by atoms with Crippen molar-refractivity contribution < 1.29 is 17.5 Å². The van der Waals surface area contributed by atoms with E-state index in [0.717, 1.165) is 6.07 Å². The van der Waals surface area contributed by atoms with Gasteiger partial charge in [0.2, 0.25) is 10.0 Å². The molecule has 5 nitrogen and oxygen atoms in total. The third kappa shape index (κ3) is 3.57. The van der Waals surface area contributed by atoms with Crippen LogP contribution in [-0.4, -0.2) is 21.6 Å². The number of halogens is 1. The number of nitrogens with two attached hydrogens (primary N) is 1. The van der Waals surface area contributed by atoms with Gasteiger partial charge in [0.15, 0.2) is 11.6 Å². The molecule has 0 saturated carbocycles. The number of methoxy groups -OCH3 is 1. The molecule has 0 aliphatic rings. The van der Waals surface area contributed by atoms with Gasteiger partial charge in [-0.25, -0.2) is 17.5 Å². The van der Waals surface area contributed by atoms with Gasteiger partial charge < -0.3 is 10.5 Å². The quantitative estimate of drug-likeness (QED) is 0.784. The lowest BCUT2D eigenvalue weighted by molar-refractivity contribution is 0.388. The summed E-state index contributed by atoms with van der Waals surface area (Å²) in [5.74, 6) is -0.950. The first-order chi connectivity index (χ1) is 8.85. The van der Waals surface area contributed by atoms with Gasteiger partial charge in [0.1, 0.15) is 0 Å². The van der Waals surface area contributed by atoms with E-state index in [9.17, 15) is 12.8 Å². The van der Waals surface area contributed by atoms with Gasteiger partial charge in [0, 0.05) is 6.04 Å². The zero-order valence-corrected chi connectivity index (χ0v) is 12.1. The van der Waals surface area contributed by atoms with Crippen LogP contribution in [0.5, 0.6) is 5.75 Å². The summed E-state index contributed by atoms with van der Waals surface area (Å²) >= 11 is 0. The standard InChI is InChI=1S/C12H19FN2O3S/c1-4-8(5-2)15-19(16,17)9-6-10(13)12(18-3)11(14)7-9/h6-8,15H,4-5,14H2,1-3H3. The smallest absolute Gasteiger partial charge is 0.241 e. The average molecular weight is 290 g/mol. The van der Waals surface area contributed by atoms with Crippen LogP contribution in [-0.2, 0) is 10.0 Å². The molecule has 1 aromatic rings. The van der Waals surface area contributed by atoms with Gasteiger partial charge in [-0.3, -0.25) is 0 Å². The SMILES string of the molecule is CCC(CC)NS(=O)(=O)c1cc(N)c(OC)c(F)c1. The van der Waals surface area contributed by atoms with Crippen LogP contribution in [0.3, 0.4) is 0 Å². The third-order valence-electron chi connectivity index (χ3n) is 2.87. The van der Waals surface area contributed by atoms with Crippen molar-refractivity contribution in [2.75, 3.05) is 12.8 Å². The summed E-state index contributed by atoms with van der Waals surface area (Å²) in [6.07, 6.45) is 1.31. The molecule has 0 spiro atoms. The zero-order valence-electron chi connectivity index (χ0n) is 11.2. The van der Waals surface area contributed by atoms with Crippen LogP contribution in [0.4, 0.5) is 10.1 Å². The van der Waals surface area contributed by atoms with Crippen LogP contribution in [0.2, 0.25) is 0 Å². The third-order valence-corrected chi connectivity index (χ3v) is 4.37. The van der Waals surface area contributed by atoms with E-state index in [1.54, 1.807) is 0 Å². The second kappa shape index (κ2) is 6.21. The maximum Gasteiger partial charge on any atom is 0.241 e. The van der Waals surface area contributed by atoms with Crippen molar-refractivity contribution in [3.8, 4) is 5.75 Å². The maximum atomic E-state index is 13.6. The lowest BCUT2D eigenvalue weighted by Crippen LogP contribution is -2.33. The summed E-state index contributed by atoms with van der Waals surface area (Å²) in [7, 11) is -2.51. The van der Waals surface area contributed by atoms with Crippen molar-refractivity contribution in [3.63, 3.8) is 0 Å². The molecule has 0 heterocycles. The predicted molar refractivity (Wildman–Crippen MR) is 72.1 cm³/mol. The van der Waals surface area contributed by atoms with Gasteiger partial charge in [0.25, 0.3) is 0 Å². The van der Waals surface area contributed by atoms with Crippen LogP contribution in [0.25, 0.3) is 0 Å². The Labute approximate surface area is 113 Å². The molecule has 3 N–H and O–H groups in total. The van der Waals surface area contributed by atoms with E-state index in [2.05, 4.69) is 4.72 Å². The lowest BCUT2D eigenvalue weighted by Gasteiger charge is -2.16. The Morgan fingerprint density at radius 1 is 1.37 bits per heavy atom. The van der Waals surface area contributed by atoms with E-state index in [0.29, 0.717) is 12.8 Å². The van der Waals surface area contributed by atoms with Gasteiger partial charge >= 0.3 is 0 Å². The van der Waals surface area contributed by atoms with Gasteiger partial charge in [-0.05, 0) is 25.0 Å². The molecular formula is C12H19FN2O3S. The van der Waals surface area contributed by atoms with Crippen molar-refractivity contribution in [3.05, 3.63) is 17.9 Å². The Balaban J connectivity index is 3.16. The molecule has 0 aromatic heterocycles. The van der Waals surface area contributed by atoms with Gasteiger partial charge in [-0.2, -0.15) is 0 Å². The highest BCUT2D eigenvalue weighted by Gasteiger charge is 2.21. The van der Waals surface area contributed by atoms with Crippen molar-refractivity contribution >= 4 is 15.7 Å². The molecule has 0 saturated heterocycles. The minimum Gasteiger partial charge on any atom is -0.492 e. The summed E-state index contributed by atoms with van der Waals surface area (Å²) in [5.41, 5.74) is 5.52. The zero-order chi connectivity index (χ0) is 14.6. The van der Waals surface area contributed by atoms with Crippen molar-refractivity contribution in [1.82, 2.24) is 4.72 Å². The fourth-order valence-electron chi connectivity index (χ4n) is 1.70. The van der Waals surface area contributed by atoms with Gasteiger partial charge in [0.05, 0.1) is 17.7 Å². The molecule has 1 aromatic carbocycles. The minimum atomic E-state index is -3.78. The Bertz CT molecular complexity index is 519. The summed E-state index contributed by atoms with van der Waals surface area (Å²) in [6.45, 7) is 3.75. The molecule has 0 aliphatic heterocycles. The molecule has 1 rings (SSSR count). The van der Waals surface area contributed by atoms with Crippen molar-refractivity contribution in [2.24, 2.45) is 0 Å². The number of nitrogens with one attached hydrogen (secondary N) is 1. The van der Waals surface area contributed by atoms with E-state index in [1.165, 1.54) is 13.2 Å². The van der Waals surface area contributed by atoms with Crippen molar-refractivity contribution in [2.45, 2.75) is 37.6 Å². The molecule has 0 fully saturated rings. The first kappa shape index (κ1) is 15.7. The average Bonchev–Trinajstić information content (AvgIpc) is 2.35. The maximum absolute atomic E-state index is 13.6. The number of anilines is 1. The number of benzene rings is 1. The summed E-state index contributed by atoms with van der Waals surface area (Å²) < 4.78 is 45.1. The summed E-state index contributed by atoms with van der Waals surface area (Å²) in [5, 5.41) is 0. The van der Waals surface area contributed by atoms with E-state index >= 15 is 0 Å². The number of rotatable bonds is 6. The highest BCUT2D eigenvalue weighted by atomic mass is 32.2. The highest BCUT2D eigenvalue weighted by Crippen LogP contribution is 2.28. The Kier molecular flexibility index (Phi) is 5.13. The molecule has 0 atom stereocenters. The number of ether oxygens (including phenoxy) is 1. The fraction of sp³-hybridized carbons (Fsp3) is 0.500. The van der Waals surface area contributed by atoms with Crippen LogP contribution >= 0.6 is 0 Å². The number of hydrogen-bond donors (Lipinski definition) is 2. The molecule has 0 radical (unpaired) electrons. The normalized spacial score (nSPS) is 11.8. The van der Waals surface area contributed by atoms with Gasteiger partial charge in [-0.15, -0.1) is 0 Å². The van der Waals surface area contributed by atoms with Crippen LogP contribution in [0, 0.1) is 5.82 Å². The van der Waals surface area contributed by atoms with Crippen LogP contribution < -0.4 is 15.2 Å². The predicted octanol–water partition coefficient (Wildman–Crippen LogP) is 1.88. The minimum absolute atomic E-state index is 0.0487. The topological polar surface area (TPSA) is 81.4 Å². The van der Waals surface area contributed by atoms with E-state index in [-0.39, 0.29) is 22.4 Å². The first-order valence-corrected chi connectivity index (χ1v) is 7.49. The van der Waals surface area contributed by atoms with Crippen LogP contribution in [0.1, 0.15) is 26.7 Å². The van der Waals surface area contributed by atoms with E-state index in [1.807, 2.05) is 13.8 Å². The molecule has 0 aliphatic carbocycles. The first-order valence-electron chi connectivity index (χ1n) is 6.01. The second-order valence-electron chi connectivity index (χ2n) is 4.16. The Morgan fingerprint density at radius 3 is 2.37 bits per heavy atom. The number of sulfonamides is 1. The number of nitrogen functional groups attached to an aromatic ring is 1. The molecule has 0 bridgehead atoms. The highest BCUT2D eigenvalue weighted by molar-refractivity contribution is 7.89. The molecular weight excluding hydrogens is 271 g/mol. The van der Waals surface area contributed by atoms with Gasteiger partial charge in [-0.1, -0.05) is 13.8 Å². The van der Waals surface area contributed by atoms with Crippen LogP contribution in [0.15, 0.2) is 17.0 Å². The summed E-state index contributed by atoms with van der Waals surface area (Å²) in [4.78, 5) is -0.199. The Hall–Kier alpha value is -1.34. The Morgan fingerprint density at radius 2 is 1.95 bits per heavy atom. The monoisotopic (exact) mass is 290 g/mol. The molecule has 0 unspecified atom stereocenters. The largest absolute Gasteiger partial charge is 0.492 e. The lowest BCUT2D eigenvalue weighted by atomic mass is 10.2. The van der Waals surface area contributed by atoms with Crippen molar-refractivity contribution in [1.29, 1.82) is 0 Å². The molecule has 19 heavy (non-hydrogen) atoms. The molecule has 0 amide bonds. The fourth-order valence-corrected chi connectivity index (χ4v) is 3.15. The summed E-state index contributed by atoms with van der Waals surface area (Å²) in [6, 6.07) is 1.91. The van der Waals surface area contributed by atoms with E-state index in [4.69, 9.17) is 10.5 Å². The van der Waals surface area contributed by atoms with E-state index < -0.39 is 15.8 Å². The molecule has 7 heteroatoms. The number of hydrogen-bond acceptors (Lipinski definition) is 4. The molecule has 108 valence electrons.